The van der Waals surface area contributed by atoms with Crippen molar-refractivity contribution in [2.24, 2.45) is 13.0 Å². The van der Waals surface area contributed by atoms with E-state index in [0.29, 0.717) is 18.7 Å². The van der Waals surface area contributed by atoms with Gasteiger partial charge in [-0.3, -0.25) is 14.4 Å². The fourth-order valence-corrected chi connectivity index (χ4v) is 5.94. The number of benzene rings is 2. The number of methoxy groups -OCH3 is 1. The quantitative estimate of drug-likeness (QED) is 0.438. The van der Waals surface area contributed by atoms with Crippen LogP contribution in [0.2, 0.25) is 0 Å². The van der Waals surface area contributed by atoms with Gasteiger partial charge in [-0.15, -0.1) is 0 Å². The second-order valence-electron chi connectivity index (χ2n) is 10.9. The van der Waals surface area contributed by atoms with E-state index in [-0.39, 0.29) is 59.1 Å². The molecule has 0 saturated carbocycles. The Morgan fingerprint density at radius 3 is 2.40 bits per heavy atom. The lowest BCUT2D eigenvalue weighted by Gasteiger charge is -2.36. The van der Waals surface area contributed by atoms with Crippen LogP contribution in [0.25, 0.3) is 0 Å². The van der Waals surface area contributed by atoms with E-state index in [1.54, 1.807) is 21.2 Å². The highest BCUT2D eigenvalue weighted by atomic mass is 32.2. The molecule has 1 N–H and O–H groups in total. The predicted octanol–water partition coefficient (Wildman–Crippen LogP) is 4.25. The van der Waals surface area contributed by atoms with Gasteiger partial charge in [0.25, 0.3) is 15.9 Å². The van der Waals surface area contributed by atoms with Crippen molar-refractivity contribution >= 4 is 21.6 Å². The Kier molecular flexibility index (Phi) is 9.72. The first kappa shape index (κ1) is 32.3. The summed E-state index contributed by atoms with van der Waals surface area (Å²) in [5, 5.41) is -0.165. The molecule has 2 heterocycles. The van der Waals surface area contributed by atoms with E-state index in [1.165, 1.54) is 52.3 Å². The molecule has 2 aromatic carbocycles. The molecule has 0 radical (unpaired) electrons. The van der Waals surface area contributed by atoms with Gasteiger partial charge in [0.15, 0.2) is 5.03 Å². The number of nitrogens with one attached hydrogen (secondary N) is 1. The number of hydrogen-bond acceptors (Lipinski definition) is 7. The molecule has 3 atom stereocenters. The molecule has 14 heteroatoms. The Labute approximate surface area is 249 Å². The lowest BCUT2D eigenvalue weighted by molar-refractivity contribution is -0.137. The molecule has 4 rings (SSSR count). The van der Waals surface area contributed by atoms with Crippen LogP contribution in [0.15, 0.2) is 60.0 Å². The van der Waals surface area contributed by atoms with Crippen LogP contribution in [0.3, 0.4) is 0 Å². The minimum absolute atomic E-state index is 0.0624. The predicted molar refractivity (Wildman–Crippen MR) is 154 cm³/mol. The normalized spacial score (nSPS) is 21.0. The van der Waals surface area contributed by atoms with Gasteiger partial charge >= 0.3 is 6.18 Å². The van der Waals surface area contributed by atoms with E-state index in [1.807, 2.05) is 13.8 Å². The lowest BCUT2D eigenvalue weighted by atomic mass is 10.0. The fourth-order valence-electron chi connectivity index (χ4n) is 4.90. The monoisotopic (exact) mass is 623 g/mol. The van der Waals surface area contributed by atoms with Gasteiger partial charge in [-0.25, -0.2) is 4.98 Å². The molecule has 1 aliphatic heterocycles. The Morgan fingerprint density at radius 2 is 1.79 bits per heavy atom. The van der Waals surface area contributed by atoms with Gasteiger partial charge in [-0.2, -0.15) is 21.6 Å². The minimum Gasteiger partial charge on any atom is -0.491 e. The molecule has 0 bridgehead atoms. The van der Waals surface area contributed by atoms with Crippen molar-refractivity contribution in [3.05, 3.63) is 71.7 Å². The molecule has 1 aromatic heterocycles. The van der Waals surface area contributed by atoms with Crippen molar-refractivity contribution in [1.29, 1.82) is 0 Å². The summed E-state index contributed by atoms with van der Waals surface area (Å²) in [4.78, 5) is 21.1. The molecular weight excluding hydrogens is 587 g/mol. The van der Waals surface area contributed by atoms with Crippen LogP contribution < -0.4 is 9.46 Å². The number of ether oxygens (including phenoxy) is 2. The Hall–Kier alpha value is -3.62. The maximum atomic E-state index is 13.6. The number of rotatable bonds is 6. The number of hydrogen-bond donors (Lipinski definition) is 1. The number of amides is 1. The molecule has 1 amide bonds. The Bertz CT molecular complexity index is 1530. The molecule has 0 saturated heterocycles. The summed E-state index contributed by atoms with van der Waals surface area (Å²) in [5.74, 6) is -0.174. The van der Waals surface area contributed by atoms with Gasteiger partial charge in [0.2, 0.25) is 0 Å². The van der Waals surface area contributed by atoms with Crippen LogP contribution in [0, 0.1) is 5.92 Å². The number of fused-ring (bicyclic) bond motifs is 1. The van der Waals surface area contributed by atoms with Crippen LogP contribution in [0.5, 0.6) is 5.75 Å². The molecular formula is C29H36F3N5O5S. The van der Waals surface area contributed by atoms with Gasteiger partial charge < -0.3 is 18.9 Å². The molecule has 234 valence electrons. The van der Waals surface area contributed by atoms with Crippen LogP contribution >= 0.6 is 0 Å². The van der Waals surface area contributed by atoms with Crippen molar-refractivity contribution in [1.82, 2.24) is 19.4 Å². The maximum Gasteiger partial charge on any atom is 0.416 e. The first-order valence-electron chi connectivity index (χ1n) is 13.6. The summed E-state index contributed by atoms with van der Waals surface area (Å²) in [6, 6.07) is 9.35. The smallest absolute Gasteiger partial charge is 0.416 e. The summed E-state index contributed by atoms with van der Waals surface area (Å²) in [6.45, 7) is 5.24. The number of carbonyl (C=O) groups excluding carboxylic acids is 1. The number of imidazole rings is 1. The van der Waals surface area contributed by atoms with Crippen molar-refractivity contribution in [2.75, 3.05) is 38.6 Å². The van der Waals surface area contributed by atoms with Crippen molar-refractivity contribution in [3.63, 3.8) is 0 Å². The molecule has 0 fully saturated rings. The molecule has 3 aromatic rings. The van der Waals surface area contributed by atoms with Crippen LogP contribution in [-0.2, 0) is 34.5 Å². The minimum atomic E-state index is -4.41. The molecule has 0 unspecified atom stereocenters. The number of anilines is 1. The van der Waals surface area contributed by atoms with Crippen molar-refractivity contribution in [3.8, 4) is 5.75 Å². The SMILES string of the molecule is CO[C@@H]1CN(C)C(=O)c2cc(NS(=O)(=O)c3cn(C)cn3)ccc2OC[C@@H](C)N(Cc2ccc(C(F)(F)F)cc2)C[C@H]1C. The molecule has 10 nitrogen and oxygen atoms in total. The Balaban J connectivity index is 1.63. The second-order valence-corrected chi connectivity index (χ2v) is 12.5. The number of sulfonamides is 1. The van der Waals surface area contributed by atoms with E-state index in [4.69, 9.17) is 9.47 Å². The largest absolute Gasteiger partial charge is 0.491 e. The Morgan fingerprint density at radius 1 is 1.09 bits per heavy atom. The average molecular weight is 624 g/mol. The topological polar surface area (TPSA) is 106 Å². The van der Waals surface area contributed by atoms with E-state index in [2.05, 4.69) is 14.6 Å². The van der Waals surface area contributed by atoms with Gasteiger partial charge in [0, 0.05) is 58.8 Å². The van der Waals surface area contributed by atoms with Crippen molar-refractivity contribution < 1.29 is 35.9 Å². The lowest BCUT2D eigenvalue weighted by Crippen LogP contribution is -2.46. The maximum absolute atomic E-state index is 13.6. The summed E-state index contributed by atoms with van der Waals surface area (Å²) in [7, 11) is 0.844. The highest BCUT2D eigenvalue weighted by molar-refractivity contribution is 7.92. The van der Waals surface area contributed by atoms with Crippen LogP contribution in [0.1, 0.15) is 35.3 Å². The van der Waals surface area contributed by atoms with Crippen molar-refractivity contribution in [2.45, 2.75) is 43.7 Å². The van der Waals surface area contributed by atoms with E-state index in [0.717, 1.165) is 12.1 Å². The number of aromatic nitrogens is 2. The number of halogens is 3. The van der Waals surface area contributed by atoms with Crippen LogP contribution in [-0.4, -0.2) is 79.7 Å². The van der Waals surface area contributed by atoms with E-state index in [9.17, 15) is 26.4 Å². The third kappa shape index (κ3) is 7.86. The first-order valence-corrected chi connectivity index (χ1v) is 15.1. The zero-order valence-corrected chi connectivity index (χ0v) is 25.4. The highest BCUT2D eigenvalue weighted by Gasteiger charge is 2.31. The third-order valence-corrected chi connectivity index (χ3v) is 8.72. The number of aryl methyl sites for hydroxylation is 1. The van der Waals surface area contributed by atoms with Crippen LogP contribution in [0.4, 0.5) is 18.9 Å². The van der Waals surface area contributed by atoms with E-state index >= 15 is 0 Å². The third-order valence-electron chi connectivity index (χ3n) is 7.45. The zero-order chi connectivity index (χ0) is 31.5. The first-order chi connectivity index (χ1) is 20.2. The van der Waals surface area contributed by atoms with Gasteiger partial charge in [0.05, 0.1) is 23.6 Å². The fraction of sp³-hybridized carbons (Fsp3) is 0.448. The number of nitrogens with zero attached hydrogens (tertiary/aromatic N) is 4. The standard InChI is InChI=1S/C29H36F3N5O5S/c1-19-13-37(14-21-6-8-22(9-7-21)29(30,31)32)20(2)17-42-25-11-10-23(34-43(39,40)27-16-35(3)18-33-27)12-24(25)28(38)36(4)15-26(19)41-5/h6-12,16,18-20,26,34H,13-15,17H2,1-5H3/t19-,20-,26-/m1/s1. The number of carbonyl (C=O) groups is 1. The average Bonchev–Trinajstić information content (AvgIpc) is 3.40. The molecule has 43 heavy (non-hydrogen) atoms. The molecule has 0 spiro atoms. The van der Waals surface area contributed by atoms with Gasteiger partial charge in [0.1, 0.15) is 12.4 Å². The summed E-state index contributed by atoms with van der Waals surface area (Å²) in [6.07, 6.45) is -2.04. The number of likely N-dealkylation sites (N-methyl/N-ethyl adjacent to an activating group) is 1. The highest BCUT2D eigenvalue weighted by Crippen LogP contribution is 2.30. The van der Waals surface area contributed by atoms with Gasteiger partial charge in [-0.1, -0.05) is 19.1 Å². The molecule has 0 aliphatic carbocycles. The zero-order valence-electron chi connectivity index (χ0n) is 24.6. The summed E-state index contributed by atoms with van der Waals surface area (Å²) in [5.41, 5.74) is 0.328. The van der Waals surface area contributed by atoms with Gasteiger partial charge in [-0.05, 0) is 48.7 Å². The number of alkyl halides is 3. The summed E-state index contributed by atoms with van der Waals surface area (Å²) >= 11 is 0. The van der Waals surface area contributed by atoms with E-state index < -0.39 is 21.8 Å². The molecule has 1 aliphatic rings. The second kappa shape index (κ2) is 12.9. The summed E-state index contributed by atoms with van der Waals surface area (Å²) < 4.78 is 80.8.